The quantitative estimate of drug-likeness (QED) is 0.839. The molecular formula is C17H19N3O3. The second-order valence-corrected chi connectivity index (χ2v) is 5.68. The molecule has 2 aliphatic heterocycles. The van der Waals surface area contributed by atoms with Crippen molar-refractivity contribution in [3.8, 4) is 0 Å². The summed E-state index contributed by atoms with van der Waals surface area (Å²) in [6, 6.07) is 7.55. The van der Waals surface area contributed by atoms with Crippen molar-refractivity contribution in [1.29, 1.82) is 0 Å². The van der Waals surface area contributed by atoms with Crippen LogP contribution >= 0.6 is 0 Å². The van der Waals surface area contributed by atoms with Gasteiger partial charge in [0.2, 0.25) is 17.7 Å². The third kappa shape index (κ3) is 3.59. The summed E-state index contributed by atoms with van der Waals surface area (Å²) >= 11 is 0. The third-order valence-electron chi connectivity index (χ3n) is 4.05. The summed E-state index contributed by atoms with van der Waals surface area (Å²) in [7, 11) is 0. The zero-order valence-electron chi connectivity index (χ0n) is 12.8. The van der Waals surface area contributed by atoms with Gasteiger partial charge in [-0.3, -0.25) is 14.4 Å². The molecule has 1 aromatic rings. The number of nitrogens with zero attached hydrogens (tertiary/aromatic N) is 2. The fourth-order valence-corrected chi connectivity index (χ4v) is 2.79. The summed E-state index contributed by atoms with van der Waals surface area (Å²) in [4.78, 5) is 38.3. The van der Waals surface area contributed by atoms with E-state index in [9.17, 15) is 14.4 Å². The van der Waals surface area contributed by atoms with Crippen molar-refractivity contribution in [2.75, 3.05) is 31.1 Å². The van der Waals surface area contributed by atoms with Gasteiger partial charge >= 0.3 is 0 Å². The highest BCUT2D eigenvalue weighted by Gasteiger charge is 2.21. The number of piperazine rings is 1. The molecular weight excluding hydrogens is 294 g/mol. The number of rotatable bonds is 3. The number of amides is 3. The zero-order chi connectivity index (χ0) is 16.2. The van der Waals surface area contributed by atoms with Gasteiger partial charge < -0.3 is 15.1 Å². The van der Waals surface area contributed by atoms with Crippen molar-refractivity contribution in [2.24, 2.45) is 0 Å². The average Bonchev–Trinajstić information content (AvgIpc) is 2.99. The normalized spacial score (nSPS) is 18.6. The fraction of sp³-hybridized carbons (Fsp3) is 0.353. The first-order chi connectivity index (χ1) is 11.1. The smallest absolute Gasteiger partial charge is 0.247 e. The molecule has 120 valence electrons. The molecule has 0 atom stereocenters. The van der Waals surface area contributed by atoms with Crippen LogP contribution in [0.5, 0.6) is 0 Å². The summed E-state index contributed by atoms with van der Waals surface area (Å²) < 4.78 is 0. The van der Waals surface area contributed by atoms with Gasteiger partial charge in [0.1, 0.15) is 0 Å². The summed E-state index contributed by atoms with van der Waals surface area (Å²) in [5, 5.41) is 2.69. The maximum absolute atomic E-state index is 12.0. The van der Waals surface area contributed by atoms with Gasteiger partial charge in [0.05, 0.1) is 6.54 Å². The topological polar surface area (TPSA) is 69.7 Å². The van der Waals surface area contributed by atoms with Gasteiger partial charge in [-0.1, -0.05) is 12.1 Å². The van der Waals surface area contributed by atoms with E-state index in [4.69, 9.17) is 0 Å². The zero-order valence-corrected chi connectivity index (χ0v) is 12.8. The van der Waals surface area contributed by atoms with E-state index in [1.807, 2.05) is 24.3 Å². The van der Waals surface area contributed by atoms with Crippen LogP contribution in [0.4, 0.5) is 5.69 Å². The second kappa shape index (κ2) is 6.64. The Morgan fingerprint density at radius 3 is 2.57 bits per heavy atom. The van der Waals surface area contributed by atoms with Gasteiger partial charge in [0.15, 0.2) is 0 Å². The molecule has 1 N–H and O–H groups in total. The molecule has 0 saturated carbocycles. The Labute approximate surface area is 134 Å². The van der Waals surface area contributed by atoms with E-state index in [1.54, 1.807) is 11.0 Å². The van der Waals surface area contributed by atoms with Crippen LogP contribution in [0.2, 0.25) is 0 Å². The van der Waals surface area contributed by atoms with Gasteiger partial charge in [0.25, 0.3) is 0 Å². The van der Waals surface area contributed by atoms with Crippen LogP contribution in [0.3, 0.4) is 0 Å². The lowest BCUT2D eigenvalue weighted by Gasteiger charge is -2.25. The summed E-state index contributed by atoms with van der Waals surface area (Å²) in [6.07, 6.45) is 4.72. The van der Waals surface area contributed by atoms with E-state index in [-0.39, 0.29) is 24.3 Å². The summed E-state index contributed by atoms with van der Waals surface area (Å²) in [5.41, 5.74) is 1.78. The van der Waals surface area contributed by atoms with Gasteiger partial charge in [-0.2, -0.15) is 0 Å². The lowest BCUT2D eigenvalue weighted by Crippen LogP contribution is -2.49. The van der Waals surface area contributed by atoms with Crippen molar-refractivity contribution in [2.45, 2.75) is 12.8 Å². The minimum atomic E-state index is -0.168. The Hall–Kier alpha value is -2.63. The molecule has 0 unspecified atom stereocenters. The Bertz CT molecular complexity index is 652. The molecule has 6 nitrogen and oxygen atoms in total. The Morgan fingerprint density at radius 2 is 1.91 bits per heavy atom. The molecule has 2 saturated heterocycles. The Morgan fingerprint density at radius 1 is 1.13 bits per heavy atom. The van der Waals surface area contributed by atoms with Crippen molar-refractivity contribution < 1.29 is 14.4 Å². The van der Waals surface area contributed by atoms with Gasteiger partial charge in [0, 0.05) is 37.8 Å². The average molecular weight is 313 g/mol. The molecule has 0 aliphatic carbocycles. The van der Waals surface area contributed by atoms with Crippen LogP contribution in [0, 0.1) is 0 Å². The van der Waals surface area contributed by atoms with E-state index < -0.39 is 0 Å². The molecule has 2 fully saturated rings. The maximum atomic E-state index is 12.0. The van der Waals surface area contributed by atoms with Crippen LogP contribution in [0.25, 0.3) is 6.08 Å². The number of carbonyl (C=O) groups excluding carboxylic acids is 3. The van der Waals surface area contributed by atoms with Crippen molar-refractivity contribution in [3.05, 3.63) is 35.9 Å². The first kappa shape index (κ1) is 15.3. The molecule has 1 aromatic carbocycles. The minimum absolute atomic E-state index is 0.110. The number of anilines is 1. The highest BCUT2D eigenvalue weighted by molar-refractivity contribution is 5.96. The van der Waals surface area contributed by atoms with E-state index in [0.717, 1.165) is 24.2 Å². The lowest BCUT2D eigenvalue weighted by molar-refractivity contribution is -0.134. The van der Waals surface area contributed by atoms with Crippen LogP contribution in [-0.4, -0.2) is 48.8 Å². The molecule has 23 heavy (non-hydrogen) atoms. The molecule has 0 radical (unpaired) electrons. The molecule has 0 spiro atoms. The number of nitrogens with one attached hydrogen (secondary N) is 1. The molecule has 3 amide bonds. The maximum Gasteiger partial charge on any atom is 0.247 e. The van der Waals surface area contributed by atoms with Crippen molar-refractivity contribution >= 4 is 29.5 Å². The van der Waals surface area contributed by atoms with Crippen LogP contribution in [-0.2, 0) is 14.4 Å². The molecule has 0 aromatic heterocycles. The molecule has 2 aliphatic rings. The van der Waals surface area contributed by atoms with Crippen LogP contribution in [0.1, 0.15) is 18.4 Å². The van der Waals surface area contributed by atoms with E-state index in [2.05, 4.69) is 5.32 Å². The molecule has 2 heterocycles. The number of carbonyl (C=O) groups is 3. The predicted octanol–water partition coefficient (Wildman–Crippen LogP) is 0.785. The van der Waals surface area contributed by atoms with E-state index >= 15 is 0 Å². The van der Waals surface area contributed by atoms with Gasteiger partial charge in [-0.05, 0) is 30.2 Å². The minimum Gasteiger partial charge on any atom is -0.353 e. The number of benzene rings is 1. The van der Waals surface area contributed by atoms with Crippen LogP contribution in [0.15, 0.2) is 30.3 Å². The highest BCUT2D eigenvalue weighted by Crippen LogP contribution is 2.21. The van der Waals surface area contributed by atoms with Crippen molar-refractivity contribution in [3.63, 3.8) is 0 Å². The fourth-order valence-electron chi connectivity index (χ4n) is 2.79. The first-order valence-electron chi connectivity index (χ1n) is 7.77. The second-order valence-electron chi connectivity index (χ2n) is 5.68. The highest BCUT2D eigenvalue weighted by atomic mass is 16.2. The Kier molecular flexibility index (Phi) is 4.41. The first-order valence-corrected chi connectivity index (χ1v) is 7.77. The van der Waals surface area contributed by atoms with Gasteiger partial charge in [-0.25, -0.2) is 0 Å². The summed E-state index contributed by atoms with van der Waals surface area (Å²) in [5.74, 6) is -0.136. The van der Waals surface area contributed by atoms with Crippen molar-refractivity contribution in [1.82, 2.24) is 10.2 Å². The SMILES string of the molecule is O=C1CN(C(=O)/C=C/c2ccc(N3CCCC3=O)cc2)CCN1. The number of hydrogen-bond acceptors (Lipinski definition) is 3. The number of hydrogen-bond donors (Lipinski definition) is 1. The van der Waals surface area contributed by atoms with Gasteiger partial charge in [-0.15, -0.1) is 0 Å². The Balaban J connectivity index is 1.62. The monoisotopic (exact) mass is 313 g/mol. The summed E-state index contributed by atoms with van der Waals surface area (Å²) in [6.45, 7) is 1.91. The standard InChI is InChI=1S/C17H19N3O3/c21-15-12-19(11-9-18-15)16(22)8-5-13-3-6-14(7-4-13)20-10-1-2-17(20)23/h3-8H,1-2,9-12H2,(H,18,21)/b8-5+. The van der Waals surface area contributed by atoms with Crippen LogP contribution < -0.4 is 10.2 Å². The predicted molar refractivity (Wildman–Crippen MR) is 86.7 cm³/mol. The van der Waals surface area contributed by atoms with E-state index in [1.165, 1.54) is 11.0 Å². The molecule has 0 bridgehead atoms. The largest absolute Gasteiger partial charge is 0.353 e. The molecule has 6 heteroatoms. The molecule has 3 rings (SSSR count). The van der Waals surface area contributed by atoms with E-state index in [0.29, 0.717) is 19.5 Å². The third-order valence-corrected chi connectivity index (χ3v) is 4.05. The lowest BCUT2D eigenvalue weighted by atomic mass is 10.1.